The maximum atomic E-state index is 12.2. The molecule has 1 fully saturated rings. The highest BCUT2D eigenvalue weighted by Gasteiger charge is 2.27. The smallest absolute Gasteiger partial charge is 0.238 e. The van der Waals surface area contributed by atoms with E-state index in [1.165, 1.54) is 6.07 Å². The van der Waals surface area contributed by atoms with E-state index in [0.717, 1.165) is 11.3 Å². The quantitative estimate of drug-likeness (QED) is 0.429. The Morgan fingerprint density at radius 2 is 1.74 bits per heavy atom. The number of sulfonamides is 1. The van der Waals surface area contributed by atoms with Gasteiger partial charge < -0.3 is 0 Å². The van der Waals surface area contributed by atoms with Crippen LogP contribution in [0.2, 0.25) is 0 Å². The molecule has 4 rings (SSSR count). The van der Waals surface area contributed by atoms with Gasteiger partial charge in [0.25, 0.3) is 0 Å². The molecule has 6 N–H and O–H groups in total. The maximum Gasteiger partial charge on any atom is 0.238 e. The molecule has 0 unspecified atom stereocenters. The van der Waals surface area contributed by atoms with Crippen LogP contribution in [0, 0.1) is 0 Å². The highest BCUT2D eigenvalue weighted by atomic mass is 32.2. The van der Waals surface area contributed by atoms with E-state index < -0.39 is 16.2 Å². The van der Waals surface area contributed by atoms with Crippen molar-refractivity contribution in [1.82, 2.24) is 31.7 Å². The number of nitrogens with zero attached hydrogens (tertiary/aromatic N) is 2. The Morgan fingerprint density at radius 1 is 1.00 bits per heavy atom. The zero-order chi connectivity index (χ0) is 18.9. The number of rotatable bonds is 5. The zero-order valence-electron chi connectivity index (χ0n) is 14.3. The Kier molecular flexibility index (Phi) is 4.74. The largest absolute Gasteiger partial charge is 0.260 e. The predicted molar refractivity (Wildman–Crippen MR) is 99.9 cm³/mol. The topological polar surface area (TPSA) is 126 Å². The minimum absolute atomic E-state index is 0.0444. The second kappa shape index (κ2) is 7.19. The fourth-order valence-corrected chi connectivity index (χ4v) is 3.96. The van der Waals surface area contributed by atoms with Gasteiger partial charge in [0.05, 0.1) is 17.1 Å². The molecule has 1 aromatic heterocycles. The third kappa shape index (κ3) is 3.62. The van der Waals surface area contributed by atoms with Crippen LogP contribution in [0.4, 0.5) is 0 Å². The lowest BCUT2D eigenvalue weighted by atomic mass is 10.0. The number of primary sulfonamides is 1. The summed E-state index contributed by atoms with van der Waals surface area (Å²) in [5, 5.41) is 9.87. The average molecular weight is 385 g/mol. The summed E-state index contributed by atoms with van der Waals surface area (Å²) < 4.78 is 26.2. The minimum atomic E-state index is -3.92. The van der Waals surface area contributed by atoms with Crippen molar-refractivity contribution in [3.05, 3.63) is 71.9 Å². The van der Waals surface area contributed by atoms with Crippen molar-refractivity contribution in [2.75, 3.05) is 0 Å². The van der Waals surface area contributed by atoms with Gasteiger partial charge in [-0.05, 0) is 17.7 Å². The van der Waals surface area contributed by atoms with Gasteiger partial charge >= 0.3 is 0 Å². The number of nitrogens with one attached hydrogen (secondary N) is 4. The van der Waals surface area contributed by atoms with E-state index in [-0.39, 0.29) is 4.90 Å². The van der Waals surface area contributed by atoms with Gasteiger partial charge in [-0.3, -0.25) is 4.68 Å². The molecule has 0 saturated carbocycles. The molecule has 0 aliphatic carbocycles. The van der Waals surface area contributed by atoms with Crippen molar-refractivity contribution in [3.63, 3.8) is 0 Å². The summed E-state index contributed by atoms with van der Waals surface area (Å²) in [6, 6.07) is 16.8. The Hall–Kier alpha value is -2.60. The predicted octanol–water partition coefficient (Wildman–Crippen LogP) is 0.361. The lowest BCUT2D eigenvalue weighted by Crippen LogP contribution is -2.33. The van der Waals surface area contributed by atoms with Gasteiger partial charge in [0.15, 0.2) is 0 Å². The lowest BCUT2D eigenvalue weighted by Gasteiger charge is -2.19. The minimum Gasteiger partial charge on any atom is -0.260 e. The van der Waals surface area contributed by atoms with Gasteiger partial charge in [0.1, 0.15) is 6.17 Å². The van der Waals surface area contributed by atoms with Gasteiger partial charge in [-0.1, -0.05) is 42.5 Å². The SMILES string of the molecule is NS(=O)(=O)c1cccc(-c2ccnn2Cc2ccccc2)c1C1NNNN1. The molecule has 1 aliphatic rings. The Bertz CT molecular complexity index is 1040. The third-order valence-electron chi connectivity index (χ3n) is 4.32. The molecule has 9 nitrogen and oxygen atoms in total. The molecule has 0 amide bonds. The van der Waals surface area contributed by atoms with Crippen LogP contribution in [0.5, 0.6) is 0 Å². The molecule has 0 atom stereocenters. The summed E-state index contributed by atoms with van der Waals surface area (Å²) in [6.45, 7) is 0.560. The normalized spacial score (nSPS) is 15.3. The van der Waals surface area contributed by atoms with Gasteiger partial charge in [0, 0.05) is 17.3 Å². The van der Waals surface area contributed by atoms with Crippen LogP contribution in [0.15, 0.2) is 65.7 Å². The number of hydrogen-bond donors (Lipinski definition) is 5. The molecule has 0 radical (unpaired) electrons. The standard InChI is InChI=1S/C17H19N7O2S/c18-27(25,26)15-8-4-7-13(16(15)17-20-22-23-21-17)14-9-10-19-24(14)11-12-5-2-1-3-6-12/h1-10,17,20-23H,11H2,(H2,18,25,26). The van der Waals surface area contributed by atoms with Gasteiger partial charge in [-0.2, -0.15) is 16.2 Å². The number of aromatic nitrogens is 2. The van der Waals surface area contributed by atoms with E-state index in [0.29, 0.717) is 17.7 Å². The van der Waals surface area contributed by atoms with E-state index in [2.05, 4.69) is 27.0 Å². The van der Waals surface area contributed by atoms with E-state index in [9.17, 15) is 8.42 Å². The second-order valence-corrected chi connectivity index (χ2v) is 7.62. The highest BCUT2D eigenvalue weighted by Crippen LogP contribution is 2.32. The first-order valence-corrected chi connectivity index (χ1v) is 9.81. The van der Waals surface area contributed by atoms with Crippen molar-refractivity contribution in [1.29, 1.82) is 0 Å². The average Bonchev–Trinajstić information content (AvgIpc) is 3.33. The summed E-state index contributed by atoms with van der Waals surface area (Å²) in [6.07, 6.45) is 1.19. The Labute approximate surface area is 156 Å². The van der Waals surface area contributed by atoms with E-state index in [4.69, 9.17) is 5.14 Å². The van der Waals surface area contributed by atoms with Gasteiger partial charge in [-0.25, -0.2) is 24.4 Å². The first kappa shape index (κ1) is 17.8. The molecule has 0 spiro atoms. The summed E-state index contributed by atoms with van der Waals surface area (Å²) in [5.41, 5.74) is 14.4. The molecule has 2 aromatic carbocycles. The molecule has 10 heteroatoms. The number of hydrazine groups is 3. The van der Waals surface area contributed by atoms with Crippen LogP contribution in [0.1, 0.15) is 17.3 Å². The van der Waals surface area contributed by atoms with Gasteiger partial charge in [-0.15, -0.1) is 0 Å². The van der Waals surface area contributed by atoms with Crippen LogP contribution < -0.4 is 27.1 Å². The van der Waals surface area contributed by atoms with Crippen molar-refractivity contribution in [3.8, 4) is 11.3 Å². The van der Waals surface area contributed by atoms with Crippen molar-refractivity contribution in [2.24, 2.45) is 5.14 Å². The lowest BCUT2D eigenvalue weighted by molar-refractivity contribution is 0.540. The Balaban J connectivity index is 1.84. The third-order valence-corrected chi connectivity index (χ3v) is 5.29. The number of nitrogens with two attached hydrogens (primary N) is 1. The van der Waals surface area contributed by atoms with Crippen LogP contribution in [0.3, 0.4) is 0 Å². The Morgan fingerprint density at radius 3 is 2.44 bits per heavy atom. The molecule has 1 saturated heterocycles. The molecule has 0 bridgehead atoms. The van der Waals surface area contributed by atoms with E-state index in [1.807, 2.05) is 47.1 Å². The summed E-state index contributed by atoms with van der Waals surface area (Å²) in [7, 11) is -3.92. The first-order valence-electron chi connectivity index (χ1n) is 8.27. The summed E-state index contributed by atoms with van der Waals surface area (Å²) >= 11 is 0. The first-order chi connectivity index (χ1) is 13.0. The molecule has 3 aromatic rings. The molecular weight excluding hydrogens is 366 g/mol. The van der Waals surface area contributed by atoms with Crippen LogP contribution in [-0.2, 0) is 16.6 Å². The molecule has 27 heavy (non-hydrogen) atoms. The molecular formula is C17H19N7O2S. The number of hydrogen-bond acceptors (Lipinski definition) is 7. The van der Waals surface area contributed by atoms with E-state index in [1.54, 1.807) is 12.3 Å². The maximum absolute atomic E-state index is 12.2. The zero-order valence-corrected chi connectivity index (χ0v) is 15.1. The molecule has 1 aliphatic heterocycles. The fourth-order valence-electron chi connectivity index (χ4n) is 3.15. The number of benzene rings is 2. The summed E-state index contributed by atoms with van der Waals surface area (Å²) in [4.78, 5) is 0.0444. The second-order valence-electron chi connectivity index (χ2n) is 6.09. The monoisotopic (exact) mass is 385 g/mol. The van der Waals surface area contributed by atoms with Gasteiger partial charge in [0.2, 0.25) is 10.0 Å². The van der Waals surface area contributed by atoms with Crippen LogP contribution in [-0.4, -0.2) is 18.2 Å². The molecule has 140 valence electrons. The van der Waals surface area contributed by atoms with Crippen LogP contribution >= 0.6 is 0 Å². The van der Waals surface area contributed by atoms with Crippen molar-refractivity contribution < 1.29 is 8.42 Å². The van der Waals surface area contributed by atoms with E-state index >= 15 is 0 Å². The van der Waals surface area contributed by atoms with Crippen molar-refractivity contribution >= 4 is 10.0 Å². The summed E-state index contributed by atoms with van der Waals surface area (Å²) in [5.74, 6) is 0. The fraction of sp³-hybridized carbons (Fsp3) is 0.118. The highest BCUT2D eigenvalue weighted by molar-refractivity contribution is 7.89. The molecule has 2 heterocycles. The van der Waals surface area contributed by atoms with Crippen molar-refractivity contribution in [2.45, 2.75) is 17.6 Å². The van der Waals surface area contributed by atoms with Crippen LogP contribution in [0.25, 0.3) is 11.3 Å².